The number of rotatable bonds is 3. The Hall–Kier alpha value is -1.42. The van der Waals surface area contributed by atoms with Crippen molar-refractivity contribution in [2.24, 2.45) is 5.41 Å². The molecule has 0 aromatic heterocycles. The highest BCUT2D eigenvalue weighted by molar-refractivity contribution is 5.75. The summed E-state index contributed by atoms with van der Waals surface area (Å²) in [4.78, 5) is 14.0. The number of nitrogens with zero attached hydrogens (tertiary/aromatic N) is 1. The molecule has 21 heavy (non-hydrogen) atoms. The van der Waals surface area contributed by atoms with Crippen LogP contribution in [0.2, 0.25) is 0 Å². The molecule has 1 aliphatic carbocycles. The molecule has 2 aliphatic rings. The molecular formula is C17H22FNO2. The Bertz CT molecular complexity index is 560. The Morgan fingerprint density at radius 2 is 2.33 bits per heavy atom. The Morgan fingerprint density at radius 3 is 3.05 bits per heavy atom. The SMILES string of the molecule is CCC1(C(=O)O)CCCN(C2CCc3c(F)cccc32)C1. The molecule has 0 saturated carbocycles. The average molecular weight is 291 g/mol. The molecule has 1 aromatic rings. The summed E-state index contributed by atoms with van der Waals surface area (Å²) in [6, 6.07) is 5.46. The molecule has 1 saturated heterocycles. The summed E-state index contributed by atoms with van der Waals surface area (Å²) >= 11 is 0. The lowest BCUT2D eigenvalue weighted by molar-refractivity contribution is -0.153. The number of fused-ring (bicyclic) bond motifs is 1. The molecule has 0 radical (unpaired) electrons. The highest BCUT2D eigenvalue weighted by Gasteiger charge is 2.43. The fourth-order valence-electron chi connectivity index (χ4n) is 4.01. The number of hydrogen-bond donors (Lipinski definition) is 1. The Balaban J connectivity index is 1.86. The molecule has 4 heteroatoms. The molecular weight excluding hydrogens is 269 g/mol. The Labute approximate surface area is 124 Å². The van der Waals surface area contributed by atoms with Crippen LogP contribution in [0.3, 0.4) is 0 Å². The van der Waals surface area contributed by atoms with E-state index in [4.69, 9.17) is 0 Å². The van der Waals surface area contributed by atoms with E-state index in [1.807, 2.05) is 13.0 Å². The summed E-state index contributed by atoms with van der Waals surface area (Å²) in [7, 11) is 0. The highest BCUT2D eigenvalue weighted by Crippen LogP contribution is 2.42. The van der Waals surface area contributed by atoms with Crippen LogP contribution in [0, 0.1) is 11.2 Å². The molecule has 1 fully saturated rings. The van der Waals surface area contributed by atoms with E-state index in [0.29, 0.717) is 13.0 Å². The summed E-state index contributed by atoms with van der Waals surface area (Å²) in [5.41, 5.74) is 1.26. The van der Waals surface area contributed by atoms with Gasteiger partial charge in [-0.2, -0.15) is 0 Å². The van der Waals surface area contributed by atoms with Crippen LogP contribution >= 0.6 is 0 Å². The van der Waals surface area contributed by atoms with Crippen molar-refractivity contribution >= 4 is 5.97 Å². The third-order valence-corrected chi connectivity index (χ3v) is 5.36. The lowest BCUT2D eigenvalue weighted by Crippen LogP contribution is -2.48. The van der Waals surface area contributed by atoms with Gasteiger partial charge in [-0.1, -0.05) is 19.1 Å². The predicted molar refractivity (Wildman–Crippen MR) is 78.6 cm³/mol. The average Bonchev–Trinajstić information content (AvgIpc) is 2.92. The maximum Gasteiger partial charge on any atom is 0.310 e. The van der Waals surface area contributed by atoms with E-state index in [1.54, 1.807) is 6.07 Å². The van der Waals surface area contributed by atoms with Crippen LogP contribution in [0.1, 0.15) is 49.8 Å². The van der Waals surface area contributed by atoms with E-state index >= 15 is 0 Å². The third-order valence-electron chi connectivity index (χ3n) is 5.36. The van der Waals surface area contributed by atoms with Gasteiger partial charge in [0.2, 0.25) is 0 Å². The van der Waals surface area contributed by atoms with Gasteiger partial charge in [0.05, 0.1) is 5.41 Å². The second-order valence-corrected chi connectivity index (χ2v) is 6.38. The number of halogens is 1. The molecule has 1 heterocycles. The molecule has 3 rings (SSSR count). The van der Waals surface area contributed by atoms with Crippen LogP contribution in [0.4, 0.5) is 4.39 Å². The van der Waals surface area contributed by atoms with E-state index in [-0.39, 0.29) is 11.9 Å². The molecule has 3 nitrogen and oxygen atoms in total. The summed E-state index contributed by atoms with van der Waals surface area (Å²) in [6.45, 7) is 3.45. The number of carbonyl (C=O) groups is 1. The molecule has 0 amide bonds. The largest absolute Gasteiger partial charge is 0.481 e. The summed E-state index contributed by atoms with van der Waals surface area (Å²) < 4.78 is 13.9. The molecule has 1 aromatic carbocycles. The van der Waals surface area contributed by atoms with Crippen molar-refractivity contribution in [3.05, 3.63) is 35.1 Å². The van der Waals surface area contributed by atoms with Gasteiger partial charge in [-0.05, 0) is 55.8 Å². The lowest BCUT2D eigenvalue weighted by atomic mass is 9.77. The molecule has 0 spiro atoms. The number of likely N-dealkylation sites (tertiary alicyclic amines) is 1. The van der Waals surface area contributed by atoms with Gasteiger partial charge in [0.15, 0.2) is 0 Å². The van der Waals surface area contributed by atoms with Crippen LogP contribution in [-0.2, 0) is 11.2 Å². The van der Waals surface area contributed by atoms with E-state index < -0.39 is 11.4 Å². The molecule has 1 N–H and O–H groups in total. The summed E-state index contributed by atoms with van der Waals surface area (Å²) in [5, 5.41) is 9.60. The van der Waals surface area contributed by atoms with Crippen molar-refractivity contribution < 1.29 is 14.3 Å². The van der Waals surface area contributed by atoms with Gasteiger partial charge in [0.25, 0.3) is 0 Å². The number of carboxylic acid groups (broad SMARTS) is 1. The van der Waals surface area contributed by atoms with Crippen LogP contribution in [0.15, 0.2) is 18.2 Å². The fraction of sp³-hybridized carbons (Fsp3) is 0.588. The summed E-state index contributed by atoms with van der Waals surface area (Å²) in [5.74, 6) is -0.806. The van der Waals surface area contributed by atoms with Gasteiger partial charge in [-0.25, -0.2) is 4.39 Å². The second-order valence-electron chi connectivity index (χ2n) is 6.38. The minimum Gasteiger partial charge on any atom is -0.481 e. The van der Waals surface area contributed by atoms with E-state index in [0.717, 1.165) is 43.4 Å². The molecule has 1 aliphatic heterocycles. The normalized spacial score (nSPS) is 29.3. The van der Waals surface area contributed by atoms with Gasteiger partial charge in [0, 0.05) is 12.6 Å². The van der Waals surface area contributed by atoms with Crippen molar-refractivity contribution in [1.29, 1.82) is 0 Å². The van der Waals surface area contributed by atoms with E-state index in [2.05, 4.69) is 4.90 Å². The first kappa shape index (κ1) is 14.5. The Morgan fingerprint density at radius 1 is 1.52 bits per heavy atom. The van der Waals surface area contributed by atoms with Crippen LogP contribution < -0.4 is 0 Å². The van der Waals surface area contributed by atoms with Crippen LogP contribution in [0.25, 0.3) is 0 Å². The van der Waals surface area contributed by atoms with E-state index in [1.165, 1.54) is 6.07 Å². The van der Waals surface area contributed by atoms with Crippen LogP contribution in [-0.4, -0.2) is 29.1 Å². The molecule has 2 unspecified atom stereocenters. The number of hydrogen-bond acceptors (Lipinski definition) is 2. The van der Waals surface area contributed by atoms with Crippen molar-refractivity contribution in [2.45, 2.75) is 45.1 Å². The fourth-order valence-corrected chi connectivity index (χ4v) is 4.01. The molecule has 114 valence electrons. The van der Waals surface area contributed by atoms with Gasteiger partial charge in [0.1, 0.15) is 5.82 Å². The second kappa shape index (κ2) is 5.41. The third kappa shape index (κ3) is 2.35. The number of aliphatic carboxylic acids is 1. The van der Waals surface area contributed by atoms with Gasteiger partial charge in [-0.15, -0.1) is 0 Å². The Kier molecular flexibility index (Phi) is 3.74. The minimum atomic E-state index is -0.688. The standard InChI is InChI=1S/C17H22FNO2/c1-2-17(16(20)21)9-4-10-19(11-17)15-8-7-12-13(15)5-3-6-14(12)18/h3,5-6,15H,2,4,7-11H2,1H3,(H,20,21). The van der Waals surface area contributed by atoms with Gasteiger partial charge in [-0.3, -0.25) is 9.69 Å². The smallest absolute Gasteiger partial charge is 0.310 e. The lowest BCUT2D eigenvalue weighted by Gasteiger charge is -2.42. The highest BCUT2D eigenvalue weighted by atomic mass is 19.1. The number of piperidine rings is 1. The zero-order valence-corrected chi connectivity index (χ0v) is 12.4. The molecule has 2 atom stereocenters. The monoisotopic (exact) mass is 291 g/mol. The first-order chi connectivity index (χ1) is 10.1. The molecule has 0 bridgehead atoms. The van der Waals surface area contributed by atoms with Crippen molar-refractivity contribution in [3.63, 3.8) is 0 Å². The van der Waals surface area contributed by atoms with Crippen LogP contribution in [0.5, 0.6) is 0 Å². The number of carboxylic acids is 1. The van der Waals surface area contributed by atoms with Crippen molar-refractivity contribution in [3.8, 4) is 0 Å². The quantitative estimate of drug-likeness (QED) is 0.928. The zero-order chi connectivity index (χ0) is 15.0. The predicted octanol–water partition coefficient (Wildman–Crippen LogP) is 3.39. The van der Waals surface area contributed by atoms with Crippen molar-refractivity contribution in [2.75, 3.05) is 13.1 Å². The topological polar surface area (TPSA) is 40.5 Å². The maximum atomic E-state index is 13.9. The summed E-state index contributed by atoms with van der Waals surface area (Å²) in [6.07, 6.45) is 3.96. The van der Waals surface area contributed by atoms with E-state index in [9.17, 15) is 14.3 Å². The van der Waals surface area contributed by atoms with Gasteiger partial charge < -0.3 is 5.11 Å². The zero-order valence-electron chi connectivity index (χ0n) is 12.4. The van der Waals surface area contributed by atoms with Crippen molar-refractivity contribution in [1.82, 2.24) is 4.90 Å². The number of benzene rings is 1. The first-order valence-corrected chi connectivity index (χ1v) is 7.82. The minimum absolute atomic E-state index is 0.119. The first-order valence-electron chi connectivity index (χ1n) is 7.82. The maximum absolute atomic E-state index is 13.9. The van der Waals surface area contributed by atoms with Gasteiger partial charge >= 0.3 is 5.97 Å².